The first-order valence-corrected chi connectivity index (χ1v) is 8.99. The summed E-state index contributed by atoms with van der Waals surface area (Å²) in [6.07, 6.45) is -0.727. The van der Waals surface area contributed by atoms with E-state index in [1.165, 1.54) is 9.25 Å². The summed E-state index contributed by atoms with van der Waals surface area (Å²) in [5.74, 6) is 1.46. The van der Waals surface area contributed by atoms with E-state index in [4.69, 9.17) is 9.47 Å². The molecule has 2 heterocycles. The van der Waals surface area contributed by atoms with Gasteiger partial charge in [-0.25, -0.2) is 9.48 Å². The third kappa shape index (κ3) is 3.48. The lowest BCUT2D eigenvalue weighted by Gasteiger charge is -2.25. The number of ether oxygens (including phenoxy) is 2. The van der Waals surface area contributed by atoms with Crippen LogP contribution in [-0.2, 0) is 18.4 Å². The minimum Gasteiger partial charge on any atom is -0.485 e. The second kappa shape index (κ2) is 7.59. The maximum atomic E-state index is 12.4. The number of rotatable bonds is 5. The van der Waals surface area contributed by atoms with Gasteiger partial charge < -0.3 is 14.8 Å². The van der Waals surface area contributed by atoms with Crippen LogP contribution in [0.15, 0.2) is 59.4 Å². The van der Waals surface area contributed by atoms with Crippen LogP contribution in [0.3, 0.4) is 0 Å². The van der Waals surface area contributed by atoms with Gasteiger partial charge in [-0.15, -0.1) is 5.10 Å². The lowest BCUT2D eigenvalue weighted by molar-refractivity contribution is -0.130. The lowest BCUT2D eigenvalue weighted by atomic mass is 10.2. The van der Waals surface area contributed by atoms with Crippen molar-refractivity contribution in [3.63, 3.8) is 0 Å². The maximum absolute atomic E-state index is 12.4. The summed E-state index contributed by atoms with van der Waals surface area (Å²) in [6.45, 7) is 0.658. The monoisotopic (exact) mass is 380 g/mol. The Bertz CT molecular complexity index is 1040. The number of fused-ring (bicyclic) bond motifs is 1. The Morgan fingerprint density at radius 3 is 2.64 bits per heavy atom. The summed E-state index contributed by atoms with van der Waals surface area (Å²) >= 11 is 0. The van der Waals surface area contributed by atoms with Gasteiger partial charge in [0, 0.05) is 19.2 Å². The Labute approximate surface area is 161 Å². The van der Waals surface area contributed by atoms with E-state index in [1.54, 1.807) is 19.2 Å². The van der Waals surface area contributed by atoms with Gasteiger partial charge in [0.05, 0.1) is 6.54 Å². The number of hydrogen-bond acceptors (Lipinski definition) is 5. The van der Waals surface area contributed by atoms with E-state index in [-0.39, 0.29) is 31.3 Å². The summed E-state index contributed by atoms with van der Waals surface area (Å²) < 4.78 is 14.1. The zero-order valence-corrected chi connectivity index (χ0v) is 15.4. The molecule has 1 aromatic heterocycles. The van der Waals surface area contributed by atoms with Crippen molar-refractivity contribution in [1.29, 1.82) is 0 Å². The van der Waals surface area contributed by atoms with Gasteiger partial charge >= 0.3 is 5.69 Å². The molecule has 0 spiro atoms. The van der Waals surface area contributed by atoms with E-state index in [9.17, 15) is 9.59 Å². The second-order valence-electron chi connectivity index (χ2n) is 6.41. The van der Waals surface area contributed by atoms with Crippen LogP contribution in [0.2, 0.25) is 0 Å². The number of amides is 1. The largest absolute Gasteiger partial charge is 0.485 e. The van der Waals surface area contributed by atoms with Gasteiger partial charge in [0.25, 0.3) is 5.91 Å². The van der Waals surface area contributed by atoms with Gasteiger partial charge in [-0.05, 0) is 12.1 Å². The van der Waals surface area contributed by atoms with E-state index < -0.39 is 6.10 Å². The van der Waals surface area contributed by atoms with Crippen LogP contribution >= 0.6 is 0 Å². The van der Waals surface area contributed by atoms with Crippen molar-refractivity contribution in [3.05, 3.63) is 65.1 Å². The summed E-state index contributed by atoms with van der Waals surface area (Å²) in [6, 6.07) is 16.7. The smallest absolute Gasteiger partial charge is 0.345 e. The number of carbonyl (C=O) groups excluding carboxylic acids is 1. The number of aromatic nitrogens is 3. The fourth-order valence-corrected chi connectivity index (χ4v) is 3.02. The molecule has 2 aromatic carbocycles. The summed E-state index contributed by atoms with van der Waals surface area (Å²) in [5, 5.41) is 7.15. The predicted octanol–water partition coefficient (Wildman–Crippen LogP) is 1.20. The van der Waals surface area contributed by atoms with Crippen molar-refractivity contribution in [2.75, 3.05) is 13.2 Å². The topological polar surface area (TPSA) is 87.4 Å². The van der Waals surface area contributed by atoms with Gasteiger partial charge in [0.15, 0.2) is 17.3 Å². The average Bonchev–Trinajstić information content (AvgIpc) is 3.02. The van der Waals surface area contributed by atoms with Crippen LogP contribution in [0.1, 0.15) is 0 Å². The van der Waals surface area contributed by atoms with E-state index in [1.807, 2.05) is 42.5 Å². The van der Waals surface area contributed by atoms with Crippen molar-refractivity contribution >= 4 is 5.91 Å². The van der Waals surface area contributed by atoms with Crippen molar-refractivity contribution in [2.45, 2.75) is 12.6 Å². The maximum Gasteiger partial charge on any atom is 0.345 e. The molecule has 1 aliphatic heterocycles. The molecule has 1 amide bonds. The van der Waals surface area contributed by atoms with E-state index in [0.717, 1.165) is 5.56 Å². The first kappa shape index (κ1) is 17.8. The first-order chi connectivity index (χ1) is 13.6. The second-order valence-corrected chi connectivity index (χ2v) is 6.41. The first-order valence-electron chi connectivity index (χ1n) is 8.99. The van der Waals surface area contributed by atoms with Crippen LogP contribution in [0.4, 0.5) is 0 Å². The van der Waals surface area contributed by atoms with Gasteiger partial charge in [0.1, 0.15) is 6.61 Å². The van der Waals surface area contributed by atoms with Crippen molar-refractivity contribution in [3.8, 4) is 22.9 Å². The molecule has 4 rings (SSSR count). The van der Waals surface area contributed by atoms with Crippen LogP contribution in [0, 0.1) is 0 Å². The number of nitrogens with zero attached hydrogens (tertiary/aromatic N) is 3. The molecular formula is C20H20N4O4. The third-order valence-corrected chi connectivity index (χ3v) is 4.50. The molecule has 1 N–H and O–H groups in total. The highest BCUT2D eigenvalue weighted by atomic mass is 16.6. The molecule has 1 atom stereocenters. The van der Waals surface area contributed by atoms with Crippen LogP contribution in [0.25, 0.3) is 11.4 Å². The molecule has 0 radical (unpaired) electrons. The number of carbonyl (C=O) groups is 1. The summed E-state index contributed by atoms with van der Waals surface area (Å²) in [4.78, 5) is 24.7. The quantitative estimate of drug-likeness (QED) is 0.719. The minimum atomic E-state index is -0.727. The number of para-hydroxylation sites is 2. The van der Waals surface area contributed by atoms with E-state index >= 15 is 0 Å². The zero-order chi connectivity index (χ0) is 19.5. The van der Waals surface area contributed by atoms with E-state index in [2.05, 4.69) is 10.4 Å². The molecule has 0 unspecified atom stereocenters. The number of hydrogen-bond donors (Lipinski definition) is 1. The highest BCUT2D eigenvalue weighted by Gasteiger charge is 2.27. The molecule has 0 saturated heterocycles. The lowest BCUT2D eigenvalue weighted by Crippen LogP contribution is -2.45. The Morgan fingerprint density at radius 1 is 1.14 bits per heavy atom. The molecule has 0 aliphatic carbocycles. The number of nitrogens with one attached hydrogen (secondary N) is 1. The van der Waals surface area contributed by atoms with Gasteiger partial charge in [-0.2, -0.15) is 0 Å². The number of benzene rings is 2. The van der Waals surface area contributed by atoms with Gasteiger partial charge in [-0.1, -0.05) is 42.5 Å². The molecule has 8 heteroatoms. The average molecular weight is 380 g/mol. The van der Waals surface area contributed by atoms with Crippen molar-refractivity contribution in [2.24, 2.45) is 7.05 Å². The SMILES string of the molecule is Cn1c(-c2ccccc2)nn(CCNC(=O)[C@H]2COc3ccccc3O2)c1=O. The van der Waals surface area contributed by atoms with Crippen LogP contribution < -0.4 is 20.5 Å². The predicted molar refractivity (Wildman–Crippen MR) is 102 cm³/mol. The molecule has 28 heavy (non-hydrogen) atoms. The van der Waals surface area contributed by atoms with Crippen molar-refractivity contribution in [1.82, 2.24) is 19.7 Å². The minimum absolute atomic E-state index is 0.143. The van der Waals surface area contributed by atoms with E-state index in [0.29, 0.717) is 17.3 Å². The van der Waals surface area contributed by atoms with Gasteiger partial charge in [-0.3, -0.25) is 9.36 Å². The fourth-order valence-electron chi connectivity index (χ4n) is 3.02. The van der Waals surface area contributed by atoms with Gasteiger partial charge in [0.2, 0.25) is 6.10 Å². The molecule has 0 fully saturated rings. The molecule has 144 valence electrons. The normalized spacial score (nSPS) is 15.2. The van der Waals surface area contributed by atoms with Crippen LogP contribution in [0.5, 0.6) is 11.5 Å². The third-order valence-electron chi connectivity index (χ3n) is 4.50. The highest BCUT2D eigenvalue weighted by molar-refractivity contribution is 5.81. The highest BCUT2D eigenvalue weighted by Crippen LogP contribution is 2.30. The Kier molecular flexibility index (Phi) is 4.84. The Balaban J connectivity index is 1.37. The van der Waals surface area contributed by atoms with Crippen molar-refractivity contribution < 1.29 is 14.3 Å². The summed E-state index contributed by atoms with van der Waals surface area (Å²) in [7, 11) is 1.68. The Hall–Kier alpha value is -3.55. The molecular weight excluding hydrogens is 360 g/mol. The van der Waals surface area contributed by atoms with Crippen LogP contribution in [-0.4, -0.2) is 39.5 Å². The molecule has 1 aliphatic rings. The zero-order valence-electron chi connectivity index (χ0n) is 15.4. The molecule has 8 nitrogen and oxygen atoms in total. The molecule has 3 aromatic rings. The fraction of sp³-hybridized carbons (Fsp3) is 0.250. The standard InChI is InChI=1S/C20H20N4O4/c1-23-18(14-7-3-2-4-8-14)22-24(20(23)26)12-11-21-19(25)17-13-27-15-9-5-6-10-16(15)28-17/h2-10,17H,11-13H2,1H3,(H,21,25)/t17-/m1/s1. The Morgan fingerprint density at radius 2 is 1.86 bits per heavy atom. The molecule has 0 bridgehead atoms. The molecule has 0 saturated carbocycles. The summed E-state index contributed by atoms with van der Waals surface area (Å²) in [5.41, 5.74) is 0.621.